The predicted octanol–water partition coefficient (Wildman–Crippen LogP) is 5.75. The van der Waals surface area contributed by atoms with Crippen molar-refractivity contribution in [3.05, 3.63) is 47.3 Å². The lowest BCUT2D eigenvalue weighted by Crippen LogP contribution is -2.36. The summed E-state index contributed by atoms with van der Waals surface area (Å²) in [6.45, 7) is 1.15. The average Bonchev–Trinajstić information content (AvgIpc) is 2.64. The quantitative estimate of drug-likeness (QED) is 0.601. The zero-order valence-electron chi connectivity index (χ0n) is 15.1. The highest BCUT2D eigenvalue weighted by atomic mass is 19.1. The zero-order chi connectivity index (χ0) is 16.8. The third-order valence-electron chi connectivity index (χ3n) is 6.06. The number of aryl methyl sites for hydroxylation is 1. The van der Waals surface area contributed by atoms with Crippen LogP contribution in [0.4, 0.5) is 4.39 Å². The van der Waals surface area contributed by atoms with Gasteiger partial charge in [-0.1, -0.05) is 23.8 Å². The van der Waals surface area contributed by atoms with Crippen LogP contribution in [0.5, 0.6) is 0 Å². The van der Waals surface area contributed by atoms with Gasteiger partial charge in [-0.3, -0.25) is 0 Å². The second-order valence-electron chi connectivity index (χ2n) is 7.74. The molecule has 1 aromatic rings. The Morgan fingerprint density at radius 2 is 1.79 bits per heavy atom. The maximum absolute atomic E-state index is 12.9. The Hall–Kier alpha value is -1.15. The van der Waals surface area contributed by atoms with Crippen LogP contribution in [0.25, 0.3) is 0 Å². The number of allylic oxidation sites excluding steroid dienone is 2. The summed E-state index contributed by atoms with van der Waals surface area (Å²) in [5, 5.41) is 0. The molecule has 0 spiro atoms. The van der Waals surface area contributed by atoms with Crippen molar-refractivity contribution in [2.45, 2.75) is 70.3 Å². The van der Waals surface area contributed by atoms with Crippen molar-refractivity contribution in [3.8, 4) is 0 Å². The molecule has 0 amide bonds. The van der Waals surface area contributed by atoms with E-state index < -0.39 is 0 Å². The van der Waals surface area contributed by atoms with E-state index in [1.807, 2.05) is 12.1 Å². The first kappa shape index (κ1) is 17.7. The normalized spacial score (nSPS) is 24.9. The molecule has 132 valence electrons. The van der Waals surface area contributed by atoms with Crippen LogP contribution in [0.3, 0.4) is 0 Å². The van der Waals surface area contributed by atoms with Crippen LogP contribution in [0.1, 0.15) is 63.4 Å². The van der Waals surface area contributed by atoms with E-state index in [1.165, 1.54) is 56.9 Å². The molecule has 0 bridgehead atoms. The van der Waals surface area contributed by atoms with Gasteiger partial charge in [0.15, 0.2) is 0 Å². The van der Waals surface area contributed by atoms with Gasteiger partial charge in [0.25, 0.3) is 0 Å². The standard InChI is InChI=1S/C22H32FN/c1-24(17-5-6-18-9-13-21(23)14-10-18)22-15-11-20(12-16-22)19-7-3-2-4-8-19/h7,9-10,13-14,20,22H,2-6,8,11-12,15-17H2,1H3. The molecule has 0 heterocycles. The van der Waals surface area contributed by atoms with Crippen LogP contribution < -0.4 is 0 Å². The molecule has 0 aromatic heterocycles. The Labute approximate surface area is 146 Å². The molecule has 2 aliphatic carbocycles. The minimum atomic E-state index is -0.138. The molecule has 2 aliphatic rings. The summed E-state index contributed by atoms with van der Waals surface area (Å²) in [4.78, 5) is 2.56. The van der Waals surface area contributed by atoms with Gasteiger partial charge in [-0.15, -0.1) is 0 Å². The Morgan fingerprint density at radius 1 is 1.04 bits per heavy atom. The number of nitrogens with zero attached hydrogens (tertiary/aromatic N) is 1. The third-order valence-corrected chi connectivity index (χ3v) is 6.06. The fourth-order valence-electron chi connectivity index (χ4n) is 4.49. The predicted molar refractivity (Wildman–Crippen MR) is 99.6 cm³/mol. The van der Waals surface area contributed by atoms with Crippen molar-refractivity contribution < 1.29 is 4.39 Å². The summed E-state index contributed by atoms with van der Waals surface area (Å²) in [5.74, 6) is 0.745. The van der Waals surface area contributed by atoms with Crippen LogP contribution in [0.2, 0.25) is 0 Å². The lowest BCUT2D eigenvalue weighted by Gasteiger charge is -2.36. The van der Waals surface area contributed by atoms with E-state index in [0.29, 0.717) is 0 Å². The van der Waals surface area contributed by atoms with Crippen molar-refractivity contribution >= 4 is 0 Å². The molecule has 3 rings (SSSR count). The highest BCUT2D eigenvalue weighted by molar-refractivity contribution is 5.16. The van der Waals surface area contributed by atoms with Crippen molar-refractivity contribution in [1.29, 1.82) is 0 Å². The minimum Gasteiger partial charge on any atom is -0.303 e. The van der Waals surface area contributed by atoms with Crippen molar-refractivity contribution in [2.24, 2.45) is 5.92 Å². The van der Waals surface area contributed by atoms with Crippen LogP contribution >= 0.6 is 0 Å². The number of halogens is 1. The smallest absolute Gasteiger partial charge is 0.123 e. The maximum atomic E-state index is 12.9. The molecule has 2 heteroatoms. The molecule has 0 atom stereocenters. The number of rotatable bonds is 6. The fourth-order valence-corrected chi connectivity index (χ4v) is 4.49. The summed E-state index contributed by atoms with van der Waals surface area (Å²) >= 11 is 0. The van der Waals surface area contributed by atoms with Crippen LogP contribution in [0, 0.1) is 11.7 Å². The van der Waals surface area contributed by atoms with E-state index in [2.05, 4.69) is 18.0 Å². The first-order valence-electron chi connectivity index (χ1n) is 9.86. The van der Waals surface area contributed by atoms with Gasteiger partial charge in [0, 0.05) is 6.04 Å². The minimum absolute atomic E-state index is 0.138. The number of benzene rings is 1. The second kappa shape index (κ2) is 8.80. The molecule has 1 nitrogen and oxygen atoms in total. The van der Waals surface area contributed by atoms with Gasteiger partial charge in [0.2, 0.25) is 0 Å². The van der Waals surface area contributed by atoms with Gasteiger partial charge < -0.3 is 4.90 Å². The van der Waals surface area contributed by atoms with E-state index >= 15 is 0 Å². The van der Waals surface area contributed by atoms with Crippen molar-refractivity contribution in [2.75, 3.05) is 13.6 Å². The molecule has 0 saturated heterocycles. The van der Waals surface area contributed by atoms with E-state index in [4.69, 9.17) is 0 Å². The van der Waals surface area contributed by atoms with E-state index in [0.717, 1.165) is 31.3 Å². The van der Waals surface area contributed by atoms with Gasteiger partial charge in [0.1, 0.15) is 5.82 Å². The van der Waals surface area contributed by atoms with Crippen molar-refractivity contribution in [3.63, 3.8) is 0 Å². The van der Waals surface area contributed by atoms with Gasteiger partial charge in [-0.2, -0.15) is 0 Å². The molecule has 1 aromatic carbocycles. The largest absolute Gasteiger partial charge is 0.303 e. The lowest BCUT2D eigenvalue weighted by atomic mass is 9.78. The first-order chi connectivity index (χ1) is 11.7. The number of hydrogen-bond donors (Lipinski definition) is 0. The van der Waals surface area contributed by atoms with Crippen LogP contribution in [0.15, 0.2) is 35.9 Å². The molecular weight excluding hydrogens is 297 g/mol. The molecular formula is C22H32FN. The average molecular weight is 330 g/mol. The van der Waals surface area contributed by atoms with Gasteiger partial charge >= 0.3 is 0 Å². The van der Waals surface area contributed by atoms with Gasteiger partial charge in [0.05, 0.1) is 0 Å². The summed E-state index contributed by atoms with van der Waals surface area (Å²) in [6.07, 6.45) is 15.7. The monoisotopic (exact) mass is 329 g/mol. The summed E-state index contributed by atoms with van der Waals surface area (Å²) < 4.78 is 12.9. The Bertz CT molecular complexity index is 525. The van der Waals surface area contributed by atoms with E-state index in [-0.39, 0.29) is 5.82 Å². The van der Waals surface area contributed by atoms with Crippen molar-refractivity contribution in [1.82, 2.24) is 4.90 Å². The first-order valence-corrected chi connectivity index (χ1v) is 9.86. The molecule has 24 heavy (non-hydrogen) atoms. The highest BCUT2D eigenvalue weighted by Crippen LogP contribution is 2.36. The fraction of sp³-hybridized carbons (Fsp3) is 0.636. The lowest BCUT2D eigenvalue weighted by molar-refractivity contribution is 0.171. The van der Waals surface area contributed by atoms with E-state index in [9.17, 15) is 4.39 Å². The summed E-state index contributed by atoms with van der Waals surface area (Å²) in [7, 11) is 2.29. The molecule has 0 N–H and O–H groups in total. The zero-order valence-corrected chi connectivity index (χ0v) is 15.1. The van der Waals surface area contributed by atoms with Gasteiger partial charge in [-0.05, 0) is 101 Å². The summed E-state index contributed by atoms with van der Waals surface area (Å²) in [5.41, 5.74) is 3.02. The second-order valence-corrected chi connectivity index (χ2v) is 7.74. The SMILES string of the molecule is CN(CCCc1ccc(F)cc1)C1CCC(C2=CCCCC2)CC1. The molecule has 0 unspecified atom stereocenters. The van der Waals surface area contributed by atoms with Crippen LogP contribution in [-0.4, -0.2) is 24.5 Å². The molecule has 0 radical (unpaired) electrons. The molecule has 1 fully saturated rings. The Balaban J connectivity index is 1.38. The number of hydrogen-bond acceptors (Lipinski definition) is 1. The molecule has 0 aliphatic heterocycles. The third kappa shape index (κ3) is 4.92. The molecule has 1 saturated carbocycles. The Morgan fingerprint density at radius 3 is 2.46 bits per heavy atom. The summed E-state index contributed by atoms with van der Waals surface area (Å²) in [6, 6.07) is 7.73. The topological polar surface area (TPSA) is 3.24 Å². The van der Waals surface area contributed by atoms with Crippen LogP contribution in [-0.2, 0) is 6.42 Å². The van der Waals surface area contributed by atoms with E-state index in [1.54, 1.807) is 17.7 Å². The van der Waals surface area contributed by atoms with Gasteiger partial charge in [-0.25, -0.2) is 4.39 Å². The maximum Gasteiger partial charge on any atom is 0.123 e. The Kier molecular flexibility index (Phi) is 6.48. The highest BCUT2D eigenvalue weighted by Gasteiger charge is 2.26.